The van der Waals surface area contributed by atoms with Crippen LogP contribution in [-0.2, 0) is 6.42 Å². The van der Waals surface area contributed by atoms with E-state index in [-0.39, 0.29) is 0 Å². The number of rotatable bonds is 1. The quantitative estimate of drug-likeness (QED) is 0.561. The first kappa shape index (κ1) is 5.62. The maximum absolute atomic E-state index is 3.91. The first-order valence-electron chi connectivity index (χ1n) is 2.42. The molecular formula is C4H7N3S. The molecule has 4 heteroatoms. The van der Waals surface area contributed by atoms with E-state index in [0.717, 1.165) is 12.2 Å². The third kappa shape index (κ3) is 1.01. The minimum atomic E-state index is 0.833. The van der Waals surface area contributed by atoms with Gasteiger partial charge in [-0.15, -0.1) is 5.10 Å². The van der Waals surface area contributed by atoms with Gasteiger partial charge in [-0.2, -0.15) is 4.09 Å². The molecule has 0 bridgehead atoms. The summed E-state index contributed by atoms with van der Waals surface area (Å²) in [4.78, 5) is 3.91. The van der Waals surface area contributed by atoms with Gasteiger partial charge in [0.15, 0.2) is 5.82 Å². The van der Waals surface area contributed by atoms with Crippen molar-refractivity contribution in [3.05, 3.63) is 12.2 Å². The van der Waals surface area contributed by atoms with Gasteiger partial charge in [0.2, 0.25) is 0 Å². The molecule has 0 saturated heterocycles. The van der Waals surface area contributed by atoms with Crippen LogP contribution < -0.4 is 0 Å². The molecular weight excluding hydrogens is 122 g/mol. The molecule has 0 aliphatic carbocycles. The summed E-state index contributed by atoms with van der Waals surface area (Å²) in [6.07, 6.45) is 2.44. The van der Waals surface area contributed by atoms with Crippen LogP contribution in [-0.4, -0.2) is 14.2 Å². The second-order valence-electron chi connectivity index (χ2n) is 1.43. The molecule has 0 N–H and O–H groups in total. The molecule has 0 atom stereocenters. The Morgan fingerprint density at radius 1 is 1.88 bits per heavy atom. The Morgan fingerprint density at radius 3 is 2.88 bits per heavy atom. The molecule has 0 amide bonds. The van der Waals surface area contributed by atoms with Gasteiger partial charge < -0.3 is 0 Å². The van der Waals surface area contributed by atoms with Crippen molar-refractivity contribution in [1.82, 2.24) is 14.2 Å². The van der Waals surface area contributed by atoms with E-state index in [1.54, 1.807) is 6.33 Å². The van der Waals surface area contributed by atoms with E-state index >= 15 is 0 Å². The summed E-state index contributed by atoms with van der Waals surface area (Å²) in [5.41, 5.74) is 0. The van der Waals surface area contributed by atoms with Crippen LogP contribution in [0.1, 0.15) is 12.7 Å². The minimum Gasteiger partial charge on any atom is -0.219 e. The highest BCUT2D eigenvalue weighted by molar-refractivity contribution is 7.78. The highest BCUT2D eigenvalue weighted by Crippen LogP contribution is 1.89. The van der Waals surface area contributed by atoms with E-state index in [9.17, 15) is 0 Å². The van der Waals surface area contributed by atoms with Crippen LogP contribution in [0.3, 0.4) is 0 Å². The van der Waals surface area contributed by atoms with Crippen molar-refractivity contribution in [2.45, 2.75) is 13.3 Å². The number of aromatic nitrogens is 3. The fourth-order valence-corrected chi connectivity index (χ4v) is 0.605. The molecule has 0 aliphatic heterocycles. The summed E-state index contributed by atoms with van der Waals surface area (Å²) < 4.78 is 1.40. The van der Waals surface area contributed by atoms with Crippen LogP contribution in [0.25, 0.3) is 0 Å². The Kier molecular flexibility index (Phi) is 1.53. The summed E-state index contributed by atoms with van der Waals surface area (Å²) in [6, 6.07) is 0. The smallest absolute Gasteiger partial charge is 0.151 e. The van der Waals surface area contributed by atoms with Gasteiger partial charge in [-0.25, -0.2) is 4.98 Å². The molecule has 0 radical (unpaired) electrons. The first-order valence-corrected chi connectivity index (χ1v) is 2.82. The third-order valence-corrected chi connectivity index (χ3v) is 1.04. The number of nitrogens with zero attached hydrogens (tertiary/aromatic N) is 3. The standard InChI is InChI=1S/C4H7N3S/c1-2-4-5-3-7(8)6-4/h3,8H,2H2,1H3. The molecule has 3 nitrogen and oxygen atoms in total. The van der Waals surface area contributed by atoms with Gasteiger partial charge in [0, 0.05) is 6.42 Å². The van der Waals surface area contributed by atoms with Crippen LogP contribution >= 0.6 is 12.8 Å². The van der Waals surface area contributed by atoms with Crippen molar-refractivity contribution in [1.29, 1.82) is 0 Å². The summed E-state index contributed by atoms with van der Waals surface area (Å²) in [6.45, 7) is 2.00. The van der Waals surface area contributed by atoms with Crippen molar-refractivity contribution in [2.24, 2.45) is 0 Å². The lowest BCUT2D eigenvalue weighted by atomic mass is 10.5. The van der Waals surface area contributed by atoms with E-state index in [2.05, 4.69) is 22.9 Å². The average molecular weight is 129 g/mol. The molecule has 1 heterocycles. The molecule has 1 rings (SSSR count). The largest absolute Gasteiger partial charge is 0.219 e. The molecule has 1 aromatic heterocycles. The maximum atomic E-state index is 3.91. The summed E-state index contributed by atoms with van der Waals surface area (Å²) in [5.74, 6) is 0.833. The van der Waals surface area contributed by atoms with Crippen LogP contribution in [0.4, 0.5) is 0 Å². The Bertz CT molecular complexity index is 172. The van der Waals surface area contributed by atoms with Crippen LogP contribution in [0, 0.1) is 0 Å². The number of hydrogen-bond acceptors (Lipinski definition) is 3. The van der Waals surface area contributed by atoms with Gasteiger partial charge in [-0.3, -0.25) is 0 Å². The highest BCUT2D eigenvalue weighted by atomic mass is 32.1. The molecule has 44 valence electrons. The molecule has 0 unspecified atom stereocenters. The molecule has 0 aliphatic rings. The maximum Gasteiger partial charge on any atom is 0.151 e. The summed E-state index contributed by atoms with van der Waals surface area (Å²) in [7, 11) is 0. The lowest BCUT2D eigenvalue weighted by Crippen LogP contribution is -1.83. The number of hydrogen-bond donors (Lipinski definition) is 1. The average Bonchev–Trinajstić information content (AvgIpc) is 2.14. The lowest BCUT2D eigenvalue weighted by Gasteiger charge is -1.79. The first-order chi connectivity index (χ1) is 3.83. The topological polar surface area (TPSA) is 30.7 Å². The minimum absolute atomic E-state index is 0.833. The van der Waals surface area contributed by atoms with E-state index < -0.39 is 0 Å². The van der Waals surface area contributed by atoms with Crippen molar-refractivity contribution in [3.8, 4) is 0 Å². The molecule has 8 heavy (non-hydrogen) atoms. The summed E-state index contributed by atoms with van der Waals surface area (Å²) in [5, 5.41) is 3.90. The number of aryl methyl sites for hydroxylation is 1. The fourth-order valence-electron chi connectivity index (χ4n) is 0.450. The van der Waals surface area contributed by atoms with Gasteiger partial charge in [-0.1, -0.05) is 6.92 Å². The van der Waals surface area contributed by atoms with Crippen molar-refractivity contribution in [3.63, 3.8) is 0 Å². The molecule has 0 fully saturated rings. The Hall–Kier alpha value is -0.510. The molecule has 0 aromatic carbocycles. The second-order valence-corrected chi connectivity index (χ2v) is 1.84. The monoisotopic (exact) mass is 129 g/mol. The zero-order chi connectivity index (χ0) is 5.98. The van der Waals surface area contributed by atoms with Gasteiger partial charge in [-0.05, 0) is 12.8 Å². The van der Waals surface area contributed by atoms with Crippen molar-refractivity contribution < 1.29 is 0 Å². The predicted octanol–water partition coefficient (Wildman–Crippen LogP) is 0.533. The molecule has 0 saturated carbocycles. The normalized spacial score (nSPS) is 9.75. The molecule has 0 spiro atoms. The predicted molar refractivity (Wildman–Crippen MR) is 33.8 cm³/mol. The van der Waals surface area contributed by atoms with E-state index in [1.165, 1.54) is 4.09 Å². The van der Waals surface area contributed by atoms with Crippen LogP contribution in [0.2, 0.25) is 0 Å². The van der Waals surface area contributed by atoms with Crippen molar-refractivity contribution >= 4 is 12.8 Å². The third-order valence-electron chi connectivity index (χ3n) is 0.844. The number of thiol groups is 1. The van der Waals surface area contributed by atoms with Crippen LogP contribution in [0.5, 0.6) is 0 Å². The Morgan fingerprint density at radius 2 is 2.62 bits per heavy atom. The van der Waals surface area contributed by atoms with E-state index in [1.807, 2.05) is 6.92 Å². The van der Waals surface area contributed by atoms with Gasteiger partial charge in [0.25, 0.3) is 0 Å². The second kappa shape index (κ2) is 2.17. The Balaban J connectivity index is 2.84. The molecule has 1 aromatic rings. The van der Waals surface area contributed by atoms with Gasteiger partial charge in [0.05, 0.1) is 0 Å². The van der Waals surface area contributed by atoms with Crippen LogP contribution in [0.15, 0.2) is 6.33 Å². The Labute approximate surface area is 53.3 Å². The van der Waals surface area contributed by atoms with Gasteiger partial charge in [0.1, 0.15) is 6.33 Å². The highest BCUT2D eigenvalue weighted by Gasteiger charge is 1.90. The summed E-state index contributed by atoms with van der Waals surface area (Å²) >= 11 is 3.90. The fraction of sp³-hybridized carbons (Fsp3) is 0.500. The zero-order valence-electron chi connectivity index (χ0n) is 4.57. The zero-order valence-corrected chi connectivity index (χ0v) is 5.47. The van der Waals surface area contributed by atoms with E-state index in [4.69, 9.17) is 0 Å². The van der Waals surface area contributed by atoms with Gasteiger partial charge >= 0.3 is 0 Å². The SMILES string of the molecule is CCc1ncn(S)n1. The van der Waals surface area contributed by atoms with E-state index in [0.29, 0.717) is 0 Å². The van der Waals surface area contributed by atoms with Crippen molar-refractivity contribution in [2.75, 3.05) is 0 Å². The lowest BCUT2D eigenvalue weighted by molar-refractivity contribution is 0.921.